The van der Waals surface area contributed by atoms with Crippen molar-refractivity contribution in [3.05, 3.63) is 35.4 Å². The number of hydrogen-bond acceptors (Lipinski definition) is 3. The van der Waals surface area contributed by atoms with Crippen molar-refractivity contribution in [2.24, 2.45) is 0 Å². The zero-order valence-electron chi connectivity index (χ0n) is 13.6. The first-order valence-electron chi connectivity index (χ1n) is 7.65. The molecular weight excluding hydrogens is 284 g/mol. The zero-order valence-corrected chi connectivity index (χ0v) is 14.4. The third-order valence-corrected chi connectivity index (χ3v) is 5.68. The summed E-state index contributed by atoms with van der Waals surface area (Å²) in [6, 6.07) is 7.84. The average Bonchev–Trinajstić information content (AvgIpc) is 2.46. The number of rotatable bonds is 9. The van der Waals surface area contributed by atoms with Crippen LogP contribution in [-0.4, -0.2) is 32.4 Å². The summed E-state index contributed by atoms with van der Waals surface area (Å²) in [4.78, 5) is 0. The van der Waals surface area contributed by atoms with E-state index in [0.717, 1.165) is 37.1 Å². The van der Waals surface area contributed by atoms with E-state index in [1.54, 1.807) is 7.05 Å². The monoisotopic (exact) mass is 312 g/mol. The largest absolute Gasteiger partial charge is 0.313 e. The Morgan fingerprint density at radius 1 is 1.24 bits per heavy atom. The summed E-state index contributed by atoms with van der Waals surface area (Å²) in [5, 5.41) is 3.33. The Kier molecular flexibility index (Phi) is 7.35. The molecule has 0 fully saturated rings. The highest BCUT2D eigenvalue weighted by Gasteiger charge is 2.22. The number of nitrogens with one attached hydrogen (secondary N) is 1. The first-order valence-corrected chi connectivity index (χ1v) is 9.25. The van der Waals surface area contributed by atoms with Gasteiger partial charge in [0.2, 0.25) is 10.0 Å². The fraction of sp³-hybridized carbons (Fsp3) is 0.625. The van der Waals surface area contributed by atoms with Crippen LogP contribution in [0.25, 0.3) is 0 Å². The third-order valence-electron chi connectivity index (χ3n) is 3.75. The van der Waals surface area contributed by atoms with Gasteiger partial charge in [0.05, 0.1) is 5.75 Å². The fourth-order valence-corrected chi connectivity index (χ4v) is 3.58. The van der Waals surface area contributed by atoms with E-state index in [2.05, 4.69) is 12.2 Å². The van der Waals surface area contributed by atoms with Crippen molar-refractivity contribution in [1.82, 2.24) is 9.62 Å². The molecule has 1 aromatic carbocycles. The zero-order chi connectivity index (χ0) is 15.9. The topological polar surface area (TPSA) is 49.4 Å². The van der Waals surface area contributed by atoms with Crippen LogP contribution in [-0.2, 0) is 22.3 Å². The quantitative estimate of drug-likeness (QED) is 0.713. The Balaban J connectivity index is 2.76. The molecule has 0 aliphatic heterocycles. The fourth-order valence-electron chi connectivity index (χ4n) is 2.08. The number of hydrogen-bond donors (Lipinski definition) is 1. The van der Waals surface area contributed by atoms with Gasteiger partial charge in [0.1, 0.15) is 0 Å². The lowest BCUT2D eigenvalue weighted by molar-refractivity contribution is 0.380. The van der Waals surface area contributed by atoms with Crippen molar-refractivity contribution in [2.45, 2.75) is 52.0 Å². The molecule has 0 aromatic heterocycles. The van der Waals surface area contributed by atoms with E-state index < -0.39 is 10.0 Å². The highest BCUT2D eigenvalue weighted by Crippen LogP contribution is 2.15. The minimum Gasteiger partial charge on any atom is -0.313 e. The second-order valence-electron chi connectivity index (χ2n) is 5.53. The summed E-state index contributed by atoms with van der Waals surface area (Å²) in [6.07, 6.45) is 1.91. The van der Waals surface area contributed by atoms with E-state index in [1.165, 1.54) is 4.31 Å². The molecule has 1 rings (SSSR count). The van der Waals surface area contributed by atoms with Crippen LogP contribution in [0.2, 0.25) is 0 Å². The van der Waals surface area contributed by atoms with Crippen LogP contribution in [0.15, 0.2) is 24.3 Å². The van der Waals surface area contributed by atoms with Gasteiger partial charge < -0.3 is 5.32 Å². The van der Waals surface area contributed by atoms with Crippen LogP contribution in [0.4, 0.5) is 0 Å². The second-order valence-corrected chi connectivity index (χ2v) is 7.55. The van der Waals surface area contributed by atoms with E-state index >= 15 is 0 Å². The summed E-state index contributed by atoms with van der Waals surface area (Å²) >= 11 is 0. The van der Waals surface area contributed by atoms with Crippen LogP contribution in [0.1, 0.15) is 44.7 Å². The molecule has 0 radical (unpaired) electrons. The van der Waals surface area contributed by atoms with Gasteiger partial charge in [-0.2, -0.15) is 0 Å². The second kappa shape index (κ2) is 8.51. The van der Waals surface area contributed by atoms with Gasteiger partial charge in [-0.15, -0.1) is 0 Å². The Hall–Kier alpha value is -0.910. The van der Waals surface area contributed by atoms with Crippen LogP contribution >= 0.6 is 0 Å². The van der Waals surface area contributed by atoms with Gasteiger partial charge >= 0.3 is 0 Å². The Morgan fingerprint density at radius 3 is 2.52 bits per heavy atom. The smallest absolute Gasteiger partial charge is 0.218 e. The first kappa shape index (κ1) is 18.1. The third kappa shape index (κ3) is 5.77. The molecule has 4 nitrogen and oxygen atoms in total. The highest BCUT2D eigenvalue weighted by atomic mass is 32.2. The molecule has 1 aromatic rings. The summed E-state index contributed by atoms with van der Waals surface area (Å²) in [5.41, 5.74) is 1.98. The van der Waals surface area contributed by atoms with Crippen LogP contribution < -0.4 is 5.32 Å². The lowest BCUT2D eigenvalue weighted by atomic mass is 10.1. The van der Waals surface area contributed by atoms with E-state index in [4.69, 9.17) is 0 Å². The minimum atomic E-state index is -3.25. The van der Waals surface area contributed by atoms with Gasteiger partial charge in [0.25, 0.3) is 0 Å². The van der Waals surface area contributed by atoms with E-state index in [-0.39, 0.29) is 11.8 Å². The number of nitrogens with zero attached hydrogens (tertiary/aromatic N) is 1. The van der Waals surface area contributed by atoms with Gasteiger partial charge in [-0.05, 0) is 37.4 Å². The van der Waals surface area contributed by atoms with Crippen molar-refractivity contribution < 1.29 is 8.42 Å². The van der Waals surface area contributed by atoms with Crippen molar-refractivity contribution in [1.29, 1.82) is 0 Å². The molecule has 120 valence electrons. The molecule has 0 aliphatic rings. The summed E-state index contributed by atoms with van der Waals surface area (Å²) in [5.74, 6) is 0.0649. The predicted octanol–water partition coefficient (Wildman–Crippen LogP) is 2.75. The van der Waals surface area contributed by atoms with Crippen LogP contribution in [0, 0.1) is 0 Å². The lowest BCUT2D eigenvalue weighted by Gasteiger charge is -2.23. The molecule has 21 heavy (non-hydrogen) atoms. The minimum absolute atomic E-state index is 0.0319. The Labute approximate surface area is 129 Å². The summed E-state index contributed by atoms with van der Waals surface area (Å²) < 4.78 is 26.2. The molecular formula is C16H28N2O2S. The van der Waals surface area contributed by atoms with Gasteiger partial charge in [-0.1, -0.05) is 38.1 Å². The maximum Gasteiger partial charge on any atom is 0.218 e. The molecule has 0 amide bonds. The molecule has 0 aliphatic carbocycles. The first-order chi connectivity index (χ1) is 9.90. The molecule has 0 heterocycles. The average molecular weight is 312 g/mol. The van der Waals surface area contributed by atoms with E-state index in [1.807, 2.05) is 38.1 Å². The maximum atomic E-state index is 12.4. The molecule has 5 heteroatoms. The Morgan fingerprint density at radius 2 is 1.90 bits per heavy atom. The standard InChI is InChI=1S/C16H28N2O2S/c1-5-10-17-12-15-8-7-9-16(11-15)13-21(19,20)18(4)14(3)6-2/h7-9,11,14,17H,5-6,10,12-13H2,1-4H3. The lowest BCUT2D eigenvalue weighted by Crippen LogP contribution is -2.35. The molecule has 1 unspecified atom stereocenters. The molecule has 1 atom stereocenters. The Bertz CT molecular complexity index is 529. The molecule has 0 spiro atoms. The molecule has 0 saturated heterocycles. The van der Waals surface area contributed by atoms with Crippen molar-refractivity contribution in [3.63, 3.8) is 0 Å². The number of sulfonamides is 1. The molecule has 0 bridgehead atoms. The molecule has 1 N–H and O–H groups in total. The molecule has 0 saturated carbocycles. The predicted molar refractivity (Wildman–Crippen MR) is 88.6 cm³/mol. The van der Waals surface area contributed by atoms with Gasteiger partial charge in [0.15, 0.2) is 0 Å². The van der Waals surface area contributed by atoms with E-state index in [9.17, 15) is 8.42 Å². The summed E-state index contributed by atoms with van der Waals surface area (Å²) in [7, 11) is -1.59. The maximum absolute atomic E-state index is 12.4. The van der Waals surface area contributed by atoms with Crippen molar-refractivity contribution >= 4 is 10.0 Å². The van der Waals surface area contributed by atoms with Crippen molar-refractivity contribution in [3.8, 4) is 0 Å². The van der Waals surface area contributed by atoms with Crippen molar-refractivity contribution in [2.75, 3.05) is 13.6 Å². The van der Waals surface area contributed by atoms with Gasteiger partial charge in [-0.25, -0.2) is 12.7 Å². The number of benzene rings is 1. The van der Waals surface area contributed by atoms with Crippen LogP contribution in [0.3, 0.4) is 0 Å². The summed E-state index contributed by atoms with van der Waals surface area (Å²) in [6.45, 7) is 7.81. The van der Waals surface area contributed by atoms with Gasteiger partial charge in [-0.3, -0.25) is 0 Å². The van der Waals surface area contributed by atoms with E-state index in [0.29, 0.717) is 0 Å². The normalized spacial score (nSPS) is 13.6. The highest BCUT2D eigenvalue weighted by molar-refractivity contribution is 7.88. The van der Waals surface area contributed by atoms with Gasteiger partial charge in [0, 0.05) is 19.6 Å². The van der Waals surface area contributed by atoms with Crippen LogP contribution in [0.5, 0.6) is 0 Å². The SMILES string of the molecule is CCCNCc1cccc(CS(=O)(=O)N(C)C(C)CC)c1.